The van der Waals surface area contributed by atoms with Gasteiger partial charge in [-0.25, -0.2) is 15.0 Å². The standard InChI is InChI=1S/C7H9N5O/c8-1-5(13)7-11-4-2-9-3-10-6(4)12-7/h2-3,5,13H,1,8H2,(H,9,10,11,12). The molecular weight excluding hydrogens is 170 g/mol. The van der Waals surface area contributed by atoms with Crippen molar-refractivity contribution in [2.24, 2.45) is 5.73 Å². The summed E-state index contributed by atoms with van der Waals surface area (Å²) in [7, 11) is 0. The second-order valence-corrected chi connectivity index (χ2v) is 2.63. The van der Waals surface area contributed by atoms with E-state index in [2.05, 4.69) is 19.9 Å². The zero-order valence-electron chi connectivity index (χ0n) is 6.81. The van der Waals surface area contributed by atoms with Gasteiger partial charge in [-0.3, -0.25) is 0 Å². The number of nitrogens with one attached hydrogen (secondary N) is 1. The summed E-state index contributed by atoms with van der Waals surface area (Å²) in [5.74, 6) is 0.429. The Morgan fingerprint density at radius 1 is 1.62 bits per heavy atom. The van der Waals surface area contributed by atoms with Gasteiger partial charge in [0.05, 0.1) is 6.20 Å². The quantitative estimate of drug-likeness (QED) is 0.568. The number of aromatic nitrogens is 4. The van der Waals surface area contributed by atoms with Gasteiger partial charge in [0.15, 0.2) is 5.65 Å². The van der Waals surface area contributed by atoms with E-state index in [0.717, 1.165) is 0 Å². The third-order valence-electron chi connectivity index (χ3n) is 1.72. The maximum Gasteiger partial charge on any atom is 0.180 e. The number of aliphatic hydroxyl groups is 1. The molecule has 1 atom stereocenters. The molecule has 0 bridgehead atoms. The molecule has 6 heteroatoms. The van der Waals surface area contributed by atoms with Crippen molar-refractivity contribution in [3.8, 4) is 0 Å². The van der Waals surface area contributed by atoms with Crippen LogP contribution in [-0.4, -0.2) is 31.6 Å². The van der Waals surface area contributed by atoms with Crippen LogP contribution in [-0.2, 0) is 0 Å². The van der Waals surface area contributed by atoms with E-state index in [9.17, 15) is 5.11 Å². The highest BCUT2D eigenvalue weighted by atomic mass is 16.3. The Hall–Kier alpha value is -1.53. The molecule has 68 valence electrons. The fraction of sp³-hybridized carbons (Fsp3) is 0.286. The van der Waals surface area contributed by atoms with Crippen LogP contribution in [0.15, 0.2) is 12.5 Å². The predicted molar refractivity (Wildman–Crippen MR) is 45.7 cm³/mol. The largest absolute Gasteiger partial charge is 0.384 e. The average Bonchev–Trinajstić information content (AvgIpc) is 2.59. The van der Waals surface area contributed by atoms with Crippen molar-refractivity contribution in [2.75, 3.05) is 6.54 Å². The van der Waals surface area contributed by atoms with E-state index in [0.29, 0.717) is 17.0 Å². The third kappa shape index (κ3) is 1.36. The number of nitrogens with two attached hydrogens (primary N) is 1. The van der Waals surface area contributed by atoms with E-state index in [1.165, 1.54) is 6.33 Å². The molecule has 0 saturated carbocycles. The van der Waals surface area contributed by atoms with Crippen molar-refractivity contribution in [1.82, 2.24) is 19.9 Å². The molecule has 0 spiro atoms. The lowest BCUT2D eigenvalue weighted by atomic mass is 10.3. The van der Waals surface area contributed by atoms with Crippen molar-refractivity contribution < 1.29 is 5.11 Å². The number of rotatable bonds is 2. The molecule has 2 aromatic heterocycles. The first-order valence-electron chi connectivity index (χ1n) is 3.85. The summed E-state index contributed by atoms with van der Waals surface area (Å²) in [5, 5.41) is 9.36. The Balaban J connectivity index is 2.49. The number of aliphatic hydroxyl groups excluding tert-OH is 1. The van der Waals surface area contributed by atoms with Gasteiger partial charge < -0.3 is 15.8 Å². The molecule has 0 aliphatic heterocycles. The summed E-state index contributed by atoms with van der Waals surface area (Å²) in [5.41, 5.74) is 6.52. The van der Waals surface area contributed by atoms with Crippen LogP contribution in [0.25, 0.3) is 11.2 Å². The topological polar surface area (TPSA) is 101 Å². The summed E-state index contributed by atoms with van der Waals surface area (Å²) in [6.45, 7) is 0.132. The molecule has 0 amide bonds. The molecule has 1 unspecified atom stereocenters. The molecule has 2 heterocycles. The van der Waals surface area contributed by atoms with Gasteiger partial charge in [-0.15, -0.1) is 0 Å². The number of imidazole rings is 1. The SMILES string of the molecule is NCC(O)c1nc2ncncc2[nH]1. The minimum Gasteiger partial charge on any atom is -0.384 e. The van der Waals surface area contributed by atoms with E-state index in [-0.39, 0.29) is 6.54 Å². The number of fused-ring (bicyclic) bond motifs is 1. The Bertz CT molecular complexity index is 379. The van der Waals surface area contributed by atoms with Gasteiger partial charge in [0, 0.05) is 6.54 Å². The molecule has 13 heavy (non-hydrogen) atoms. The first-order chi connectivity index (χ1) is 6.31. The lowest BCUT2D eigenvalue weighted by molar-refractivity contribution is 0.178. The van der Waals surface area contributed by atoms with Crippen LogP contribution in [0.4, 0.5) is 0 Å². The fourth-order valence-electron chi connectivity index (χ4n) is 1.05. The molecule has 4 N–H and O–H groups in total. The Labute approximate surface area is 73.8 Å². The highest BCUT2D eigenvalue weighted by Crippen LogP contribution is 2.11. The first kappa shape index (κ1) is 8.09. The first-order valence-corrected chi connectivity index (χ1v) is 3.85. The highest BCUT2D eigenvalue weighted by Gasteiger charge is 2.10. The Morgan fingerprint density at radius 3 is 3.15 bits per heavy atom. The van der Waals surface area contributed by atoms with E-state index in [1.54, 1.807) is 6.20 Å². The van der Waals surface area contributed by atoms with Gasteiger partial charge >= 0.3 is 0 Å². The van der Waals surface area contributed by atoms with E-state index >= 15 is 0 Å². The molecule has 0 saturated heterocycles. The van der Waals surface area contributed by atoms with Crippen molar-refractivity contribution in [3.05, 3.63) is 18.3 Å². The lowest BCUT2D eigenvalue weighted by Gasteiger charge is -2.00. The summed E-state index contributed by atoms with van der Waals surface area (Å²) in [6, 6.07) is 0. The minimum atomic E-state index is -0.769. The second-order valence-electron chi connectivity index (χ2n) is 2.63. The molecule has 0 aliphatic carbocycles. The molecule has 0 fully saturated rings. The Morgan fingerprint density at radius 2 is 2.46 bits per heavy atom. The number of nitrogens with zero attached hydrogens (tertiary/aromatic N) is 3. The van der Waals surface area contributed by atoms with Crippen molar-refractivity contribution >= 4 is 11.2 Å². The van der Waals surface area contributed by atoms with E-state index in [4.69, 9.17) is 5.73 Å². The summed E-state index contributed by atoms with van der Waals surface area (Å²) in [6.07, 6.45) is 2.23. The van der Waals surface area contributed by atoms with Crippen LogP contribution in [0.5, 0.6) is 0 Å². The lowest BCUT2D eigenvalue weighted by Crippen LogP contribution is -2.12. The fourth-order valence-corrected chi connectivity index (χ4v) is 1.05. The molecule has 0 aliphatic rings. The van der Waals surface area contributed by atoms with Gasteiger partial charge in [-0.05, 0) is 0 Å². The molecule has 0 radical (unpaired) electrons. The predicted octanol–water partition coefficient (Wildman–Crippen LogP) is -0.655. The third-order valence-corrected chi connectivity index (χ3v) is 1.72. The van der Waals surface area contributed by atoms with Crippen molar-refractivity contribution in [2.45, 2.75) is 6.10 Å². The molecule has 6 nitrogen and oxygen atoms in total. The van der Waals surface area contributed by atoms with Gasteiger partial charge in [0.1, 0.15) is 23.8 Å². The van der Waals surface area contributed by atoms with Crippen LogP contribution >= 0.6 is 0 Å². The maximum absolute atomic E-state index is 9.36. The van der Waals surface area contributed by atoms with Gasteiger partial charge in [-0.1, -0.05) is 0 Å². The molecule has 2 aromatic rings. The smallest absolute Gasteiger partial charge is 0.180 e. The van der Waals surface area contributed by atoms with Gasteiger partial charge in [0.25, 0.3) is 0 Å². The highest BCUT2D eigenvalue weighted by molar-refractivity contribution is 5.68. The average molecular weight is 179 g/mol. The van der Waals surface area contributed by atoms with Gasteiger partial charge in [-0.2, -0.15) is 0 Å². The summed E-state index contributed by atoms with van der Waals surface area (Å²) >= 11 is 0. The summed E-state index contributed by atoms with van der Waals surface area (Å²) < 4.78 is 0. The maximum atomic E-state index is 9.36. The van der Waals surface area contributed by atoms with Crippen molar-refractivity contribution in [3.63, 3.8) is 0 Å². The van der Waals surface area contributed by atoms with Gasteiger partial charge in [0.2, 0.25) is 0 Å². The van der Waals surface area contributed by atoms with Crippen LogP contribution in [0, 0.1) is 0 Å². The number of hydrogen-bond donors (Lipinski definition) is 3. The normalized spacial score (nSPS) is 13.4. The number of hydrogen-bond acceptors (Lipinski definition) is 5. The van der Waals surface area contributed by atoms with E-state index < -0.39 is 6.10 Å². The second kappa shape index (κ2) is 3.08. The van der Waals surface area contributed by atoms with Crippen LogP contribution in [0.2, 0.25) is 0 Å². The summed E-state index contributed by atoms with van der Waals surface area (Å²) in [4.78, 5) is 14.7. The van der Waals surface area contributed by atoms with Crippen molar-refractivity contribution in [1.29, 1.82) is 0 Å². The monoisotopic (exact) mass is 179 g/mol. The van der Waals surface area contributed by atoms with Crippen LogP contribution in [0.3, 0.4) is 0 Å². The molecule has 2 rings (SSSR count). The zero-order valence-corrected chi connectivity index (χ0v) is 6.81. The van der Waals surface area contributed by atoms with E-state index in [1.807, 2.05) is 0 Å². The molecule has 0 aromatic carbocycles. The van der Waals surface area contributed by atoms with Crippen LogP contribution < -0.4 is 5.73 Å². The number of H-pyrrole nitrogens is 1. The zero-order chi connectivity index (χ0) is 9.26. The molecular formula is C7H9N5O. The minimum absolute atomic E-state index is 0.132. The number of aromatic amines is 1. The Kier molecular flexibility index (Phi) is 1.91. The van der Waals surface area contributed by atoms with Crippen LogP contribution in [0.1, 0.15) is 11.9 Å².